The van der Waals surface area contributed by atoms with E-state index in [4.69, 9.17) is 4.74 Å². The van der Waals surface area contributed by atoms with Gasteiger partial charge in [0.15, 0.2) is 0 Å². The Morgan fingerprint density at radius 2 is 1.88 bits per heavy atom. The Morgan fingerprint density at radius 3 is 2.64 bits per heavy atom. The van der Waals surface area contributed by atoms with Gasteiger partial charge < -0.3 is 25.7 Å². The molecule has 3 aromatic rings. The average Bonchev–Trinajstić information content (AvgIpc) is 3.28. The highest BCUT2D eigenvalue weighted by Gasteiger charge is 2.26. The van der Waals surface area contributed by atoms with Crippen LogP contribution in [0, 0.1) is 13.8 Å². The van der Waals surface area contributed by atoms with Crippen LogP contribution in [0.4, 0.5) is 5.69 Å². The number of methoxy groups -OCH3 is 1. The lowest BCUT2D eigenvalue weighted by Crippen LogP contribution is -2.30. The fourth-order valence-corrected chi connectivity index (χ4v) is 4.18. The number of aromatic nitrogens is 1. The summed E-state index contributed by atoms with van der Waals surface area (Å²) >= 11 is 0. The summed E-state index contributed by atoms with van der Waals surface area (Å²) < 4.78 is 5.48. The molecule has 33 heavy (non-hydrogen) atoms. The van der Waals surface area contributed by atoms with Gasteiger partial charge in [0.2, 0.25) is 0 Å². The first-order valence-corrected chi connectivity index (χ1v) is 10.9. The second-order valence-electron chi connectivity index (χ2n) is 8.00. The first kappa shape index (κ1) is 22.4. The number of hydrogen-bond donors (Lipinski definition) is 4. The smallest absolute Gasteiger partial charge is 0.256 e. The molecule has 0 aliphatic carbocycles. The van der Waals surface area contributed by atoms with Gasteiger partial charge >= 0.3 is 0 Å². The molecule has 0 spiro atoms. The van der Waals surface area contributed by atoms with Gasteiger partial charge in [0.05, 0.1) is 18.2 Å². The van der Waals surface area contributed by atoms with Gasteiger partial charge in [-0.15, -0.1) is 0 Å². The summed E-state index contributed by atoms with van der Waals surface area (Å²) in [6.07, 6.45) is 1.82. The van der Waals surface area contributed by atoms with Crippen LogP contribution in [0.3, 0.4) is 0 Å². The number of para-hydroxylation sites is 1. The molecule has 4 rings (SSSR count). The standard InChI is InChI=1S/C26H28N4O3/c1-15-21(29-16(2)24(15)26(32)28-12-11-27-3)14-20-19-10-9-17(13-22(19)30-25(20)31)18-7-5-6-8-23(18)33-4/h5-10,13-14,27,29H,11-12H2,1-4H3,(H,28,32)(H,30,31). The number of aromatic amines is 1. The largest absolute Gasteiger partial charge is 0.496 e. The third-order valence-electron chi connectivity index (χ3n) is 5.87. The zero-order valence-corrected chi connectivity index (χ0v) is 19.3. The van der Waals surface area contributed by atoms with Crippen LogP contribution >= 0.6 is 0 Å². The molecule has 1 aromatic heterocycles. The maximum Gasteiger partial charge on any atom is 0.256 e. The Morgan fingerprint density at radius 1 is 1.09 bits per heavy atom. The SMILES string of the molecule is CNCCNC(=O)c1c(C)[nH]c(C=C2C(=O)Nc3cc(-c4ccccc4OC)ccc32)c1C. The third-order valence-corrected chi connectivity index (χ3v) is 5.87. The molecule has 0 fully saturated rings. The molecule has 4 N–H and O–H groups in total. The number of benzene rings is 2. The molecule has 1 aliphatic rings. The van der Waals surface area contributed by atoms with Crippen LogP contribution in [-0.2, 0) is 4.79 Å². The van der Waals surface area contributed by atoms with Gasteiger partial charge in [0, 0.05) is 41.3 Å². The quantitative estimate of drug-likeness (QED) is 0.330. The molecule has 0 saturated carbocycles. The molecular formula is C26H28N4O3. The van der Waals surface area contributed by atoms with Crippen molar-refractivity contribution in [1.29, 1.82) is 0 Å². The summed E-state index contributed by atoms with van der Waals surface area (Å²) in [5, 5.41) is 8.89. The van der Waals surface area contributed by atoms with Crippen molar-refractivity contribution in [2.24, 2.45) is 0 Å². The molecule has 0 atom stereocenters. The van der Waals surface area contributed by atoms with Crippen molar-refractivity contribution in [3.63, 3.8) is 0 Å². The van der Waals surface area contributed by atoms with E-state index < -0.39 is 0 Å². The molecule has 0 saturated heterocycles. The van der Waals surface area contributed by atoms with Crippen molar-refractivity contribution in [3.8, 4) is 16.9 Å². The van der Waals surface area contributed by atoms with Gasteiger partial charge in [-0.2, -0.15) is 0 Å². The summed E-state index contributed by atoms with van der Waals surface area (Å²) in [7, 11) is 3.48. The molecule has 2 amide bonds. The molecule has 0 bridgehead atoms. The van der Waals surface area contributed by atoms with Gasteiger partial charge in [-0.05, 0) is 50.2 Å². The van der Waals surface area contributed by atoms with Crippen LogP contribution in [0.15, 0.2) is 42.5 Å². The third kappa shape index (κ3) is 4.27. The minimum Gasteiger partial charge on any atom is -0.496 e. The average molecular weight is 445 g/mol. The van der Waals surface area contributed by atoms with E-state index in [1.54, 1.807) is 7.11 Å². The molecule has 7 nitrogen and oxygen atoms in total. The summed E-state index contributed by atoms with van der Waals surface area (Å²) in [5.74, 6) is 0.475. The normalized spacial score (nSPS) is 13.7. The minimum absolute atomic E-state index is 0.126. The monoisotopic (exact) mass is 444 g/mol. The van der Waals surface area contributed by atoms with Crippen LogP contribution in [0.25, 0.3) is 22.8 Å². The van der Waals surface area contributed by atoms with E-state index in [0.29, 0.717) is 24.2 Å². The van der Waals surface area contributed by atoms with E-state index in [1.165, 1.54) is 0 Å². The number of anilines is 1. The summed E-state index contributed by atoms with van der Waals surface area (Å²) in [4.78, 5) is 28.7. The molecule has 0 unspecified atom stereocenters. The number of amides is 2. The number of likely N-dealkylation sites (N-methyl/N-ethyl adjacent to an activating group) is 1. The Hall–Kier alpha value is -3.84. The number of hydrogen-bond acceptors (Lipinski definition) is 4. The van der Waals surface area contributed by atoms with Crippen molar-refractivity contribution in [1.82, 2.24) is 15.6 Å². The molecule has 7 heteroatoms. The van der Waals surface area contributed by atoms with Crippen molar-refractivity contribution in [2.45, 2.75) is 13.8 Å². The molecule has 1 aliphatic heterocycles. The zero-order valence-electron chi connectivity index (χ0n) is 19.3. The lowest BCUT2D eigenvalue weighted by atomic mass is 9.99. The van der Waals surface area contributed by atoms with Crippen molar-refractivity contribution in [3.05, 3.63) is 70.5 Å². The molecule has 2 heterocycles. The van der Waals surface area contributed by atoms with Crippen LogP contribution in [0.1, 0.15) is 32.9 Å². The number of ether oxygens (including phenoxy) is 1. The van der Waals surface area contributed by atoms with E-state index in [0.717, 1.165) is 45.1 Å². The lowest BCUT2D eigenvalue weighted by molar-refractivity contribution is -0.110. The number of aryl methyl sites for hydroxylation is 1. The predicted molar refractivity (Wildman–Crippen MR) is 131 cm³/mol. The fraction of sp³-hybridized carbons (Fsp3) is 0.231. The highest BCUT2D eigenvalue weighted by molar-refractivity contribution is 6.35. The number of H-pyrrole nitrogens is 1. The van der Waals surface area contributed by atoms with Crippen LogP contribution in [0.5, 0.6) is 5.75 Å². The van der Waals surface area contributed by atoms with Gasteiger partial charge in [-0.3, -0.25) is 9.59 Å². The van der Waals surface area contributed by atoms with Crippen LogP contribution < -0.4 is 20.7 Å². The first-order chi connectivity index (χ1) is 15.9. The zero-order chi connectivity index (χ0) is 23.5. The van der Waals surface area contributed by atoms with E-state index in [9.17, 15) is 9.59 Å². The van der Waals surface area contributed by atoms with E-state index in [2.05, 4.69) is 20.9 Å². The van der Waals surface area contributed by atoms with Gasteiger partial charge in [-0.1, -0.05) is 30.3 Å². The number of rotatable bonds is 7. The topological polar surface area (TPSA) is 95.2 Å². The molecule has 2 aromatic carbocycles. The predicted octanol–water partition coefficient (Wildman–Crippen LogP) is 3.75. The highest BCUT2D eigenvalue weighted by Crippen LogP contribution is 2.38. The van der Waals surface area contributed by atoms with Crippen LogP contribution in [0.2, 0.25) is 0 Å². The number of nitrogens with one attached hydrogen (secondary N) is 4. The van der Waals surface area contributed by atoms with Crippen molar-refractivity contribution >= 4 is 29.2 Å². The Labute approximate surface area is 193 Å². The van der Waals surface area contributed by atoms with Crippen LogP contribution in [-0.4, -0.2) is 44.0 Å². The van der Waals surface area contributed by atoms with E-state index in [1.807, 2.05) is 69.4 Å². The second kappa shape index (κ2) is 9.34. The van der Waals surface area contributed by atoms with Gasteiger partial charge in [-0.25, -0.2) is 0 Å². The first-order valence-electron chi connectivity index (χ1n) is 10.9. The summed E-state index contributed by atoms with van der Waals surface area (Å²) in [6.45, 7) is 4.99. The van der Waals surface area contributed by atoms with Crippen molar-refractivity contribution < 1.29 is 14.3 Å². The highest BCUT2D eigenvalue weighted by atomic mass is 16.5. The van der Waals surface area contributed by atoms with E-state index in [-0.39, 0.29) is 11.8 Å². The summed E-state index contributed by atoms with van der Waals surface area (Å²) in [5.41, 5.74) is 7.00. The Kier molecular flexibility index (Phi) is 6.33. The maximum absolute atomic E-state index is 12.8. The van der Waals surface area contributed by atoms with Crippen molar-refractivity contribution in [2.75, 3.05) is 32.6 Å². The van der Waals surface area contributed by atoms with Gasteiger partial charge in [0.25, 0.3) is 11.8 Å². The number of fused-ring (bicyclic) bond motifs is 1. The fourth-order valence-electron chi connectivity index (χ4n) is 4.18. The number of carbonyl (C=O) groups is 2. The minimum atomic E-state index is -0.172. The number of carbonyl (C=O) groups excluding carboxylic acids is 2. The summed E-state index contributed by atoms with van der Waals surface area (Å²) in [6, 6.07) is 13.7. The molecular weight excluding hydrogens is 416 g/mol. The lowest BCUT2D eigenvalue weighted by Gasteiger charge is -2.09. The second-order valence-corrected chi connectivity index (χ2v) is 8.00. The maximum atomic E-state index is 12.8. The Bertz CT molecular complexity index is 1260. The Balaban J connectivity index is 1.67. The molecule has 170 valence electrons. The van der Waals surface area contributed by atoms with E-state index >= 15 is 0 Å². The molecule has 0 radical (unpaired) electrons. The van der Waals surface area contributed by atoms with Gasteiger partial charge in [0.1, 0.15) is 5.75 Å².